The highest BCUT2D eigenvalue weighted by Crippen LogP contribution is 2.20. The Morgan fingerprint density at radius 3 is 2.14 bits per heavy atom. The molecule has 1 aliphatic rings. The molecule has 22 heavy (non-hydrogen) atoms. The number of carbonyl (C=O) groups is 1. The van der Waals surface area contributed by atoms with Crippen LogP contribution in [0.25, 0.3) is 0 Å². The topological polar surface area (TPSA) is 66.5 Å². The van der Waals surface area contributed by atoms with Crippen molar-refractivity contribution in [3.05, 3.63) is 29.8 Å². The summed E-state index contributed by atoms with van der Waals surface area (Å²) in [6.07, 6.45) is 3.62. The second-order valence-corrected chi connectivity index (χ2v) is 7.61. The first kappa shape index (κ1) is 17.0. The lowest BCUT2D eigenvalue weighted by Crippen LogP contribution is -2.32. The van der Waals surface area contributed by atoms with Crippen molar-refractivity contribution in [3.8, 4) is 0 Å². The molecule has 1 saturated carbocycles. The van der Waals surface area contributed by atoms with Crippen molar-refractivity contribution in [2.45, 2.75) is 50.5 Å². The van der Waals surface area contributed by atoms with Gasteiger partial charge in [-0.2, -0.15) is 4.31 Å². The lowest BCUT2D eigenvalue weighted by Gasteiger charge is -2.21. The Hall–Kier alpha value is -1.40. The van der Waals surface area contributed by atoms with Gasteiger partial charge in [-0.25, -0.2) is 8.42 Å². The van der Waals surface area contributed by atoms with Gasteiger partial charge >= 0.3 is 0 Å². The van der Waals surface area contributed by atoms with Crippen molar-refractivity contribution in [2.24, 2.45) is 0 Å². The number of hydrogen-bond donors (Lipinski definition) is 1. The molecule has 0 aromatic heterocycles. The molecular weight excluding hydrogens is 300 g/mol. The molecule has 1 amide bonds. The SMILES string of the molecule is CCCN(CCC)S(=O)(=O)c1ccc(C(=O)NC2CC2)cc1. The van der Waals surface area contributed by atoms with Gasteiger partial charge in [0.1, 0.15) is 0 Å². The summed E-state index contributed by atoms with van der Waals surface area (Å²) in [5.74, 6) is -0.134. The summed E-state index contributed by atoms with van der Waals surface area (Å²) < 4.78 is 26.7. The van der Waals surface area contributed by atoms with Crippen LogP contribution < -0.4 is 5.32 Å². The fourth-order valence-corrected chi connectivity index (χ4v) is 3.90. The van der Waals surface area contributed by atoms with Crippen LogP contribution in [0.2, 0.25) is 0 Å². The van der Waals surface area contributed by atoms with Gasteiger partial charge in [-0.3, -0.25) is 4.79 Å². The van der Waals surface area contributed by atoms with Crippen LogP contribution >= 0.6 is 0 Å². The third-order valence-electron chi connectivity index (χ3n) is 3.61. The quantitative estimate of drug-likeness (QED) is 0.798. The molecule has 0 saturated heterocycles. The maximum Gasteiger partial charge on any atom is 0.251 e. The average Bonchev–Trinajstić information content (AvgIpc) is 3.31. The summed E-state index contributed by atoms with van der Waals surface area (Å²) in [5, 5.41) is 2.89. The van der Waals surface area contributed by atoms with E-state index in [-0.39, 0.29) is 10.8 Å². The molecule has 2 rings (SSSR count). The van der Waals surface area contributed by atoms with E-state index in [1.54, 1.807) is 12.1 Å². The first-order valence-corrected chi connectivity index (χ1v) is 9.34. The maximum absolute atomic E-state index is 12.6. The van der Waals surface area contributed by atoms with Gasteiger partial charge in [0.15, 0.2) is 0 Å². The van der Waals surface area contributed by atoms with Crippen molar-refractivity contribution < 1.29 is 13.2 Å². The Morgan fingerprint density at radius 2 is 1.68 bits per heavy atom. The van der Waals surface area contributed by atoms with Gasteiger partial charge in [0.2, 0.25) is 10.0 Å². The van der Waals surface area contributed by atoms with E-state index < -0.39 is 10.0 Å². The summed E-state index contributed by atoms with van der Waals surface area (Å²) in [4.78, 5) is 12.2. The zero-order chi connectivity index (χ0) is 16.2. The highest BCUT2D eigenvalue weighted by Gasteiger charge is 2.25. The summed E-state index contributed by atoms with van der Waals surface area (Å²) >= 11 is 0. The Morgan fingerprint density at radius 1 is 1.14 bits per heavy atom. The van der Waals surface area contributed by atoms with E-state index in [9.17, 15) is 13.2 Å². The number of nitrogens with one attached hydrogen (secondary N) is 1. The molecule has 0 radical (unpaired) electrons. The van der Waals surface area contributed by atoms with E-state index in [0.717, 1.165) is 25.7 Å². The van der Waals surface area contributed by atoms with Gasteiger partial charge < -0.3 is 5.32 Å². The molecule has 1 aliphatic carbocycles. The van der Waals surface area contributed by atoms with Gasteiger partial charge in [-0.05, 0) is 49.9 Å². The van der Waals surface area contributed by atoms with Crippen LogP contribution in [0.15, 0.2) is 29.2 Å². The molecule has 1 aromatic rings. The van der Waals surface area contributed by atoms with Gasteiger partial charge in [-0.1, -0.05) is 13.8 Å². The molecule has 0 unspecified atom stereocenters. The monoisotopic (exact) mass is 324 g/mol. The second kappa shape index (κ2) is 7.24. The van der Waals surface area contributed by atoms with Crippen molar-refractivity contribution in [1.82, 2.24) is 9.62 Å². The van der Waals surface area contributed by atoms with Crippen LogP contribution in [0, 0.1) is 0 Å². The van der Waals surface area contributed by atoms with Gasteiger partial charge in [0, 0.05) is 24.7 Å². The minimum absolute atomic E-state index is 0.134. The van der Waals surface area contributed by atoms with Gasteiger partial charge in [-0.15, -0.1) is 0 Å². The van der Waals surface area contributed by atoms with Crippen molar-refractivity contribution in [2.75, 3.05) is 13.1 Å². The van der Waals surface area contributed by atoms with Crippen LogP contribution in [0.5, 0.6) is 0 Å². The van der Waals surface area contributed by atoms with Gasteiger partial charge in [0.25, 0.3) is 5.91 Å². The number of benzene rings is 1. The molecule has 0 aliphatic heterocycles. The van der Waals surface area contributed by atoms with E-state index >= 15 is 0 Å². The first-order chi connectivity index (χ1) is 10.5. The Balaban J connectivity index is 2.14. The smallest absolute Gasteiger partial charge is 0.251 e. The third kappa shape index (κ3) is 4.08. The van der Waals surface area contributed by atoms with E-state index in [2.05, 4.69) is 5.32 Å². The normalized spacial score (nSPS) is 15.0. The average molecular weight is 324 g/mol. The van der Waals surface area contributed by atoms with E-state index in [4.69, 9.17) is 0 Å². The molecule has 122 valence electrons. The zero-order valence-electron chi connectivity index (χ0n) is 13.2. The summed E-state index contributed by atoms with van der Waals surface area (Å²) in [5.41, 5.74) is 0.503. The Labute approximate surface area is 132 Å². The van der Waals surface area contributed by atoms with Crippen LogP contribution in [0.4, 0.5) is 0 Å². The summed E-state index contributed by atoms with van der Waals surface area (Å²) in [6, 6.07) is 6.51. The van der Waals surface area contributed by atoms with Crippen molar-refractivity contribution in [1.29, 1.82) is 0 Å². The molecule has 0 spiro atoms. The van der Waals surface area contributed by atoms with Crippen LogP contribution in [0.3, 0.4) is 0 Å². The molecule has 6 heteroatoms. The van der Waals surface area contributed by atoms with Crippen molar-refractivity contribution >= 4 is 15.9 Å². The predicted octanol–water partition coefficient (Wildman–Crippen LogP) is 2.39. The molecule has 0 heterocycles. The lowest BCUT2D eigenvalue weighted by atomic mass is 10.2. The molecule has 1 N–H and O–H groups in total. The molecular formula is C16H24N2O3S. The van der Waals surface area contributed by atoms with Crippen LogP contribution in [0.1, 0.15) is 49.9 Å². The Kier molecular flexibility index (Phi) is 5.58. The molecule has 5 nitrogen and oxygen atoms in total. The maximum atomic E-state index is 12.6. The third-order valence-corrected chi connectivity index (χ3v) is 5.53. The summed E-state index contributed by atoms with van der Waals surface area (Å²) in [7, 11) is -3.48. The number of sulfonamides is 1. The predicted molar refractivity (Wildman–Crippen MR) is 86.3 cm³/mol. The number of rotatable bonds is 8. The number of hydrogen-bond acceptors (Lipinski definition) is 3. The fourth-order valence-electron chi connectivity index (χ4n) is 2.27. The van der Waals surface area contributed by atoms with Crippen LogP contribution in [-0.2, 0) is 10.0 Å². The van der Waals surface area contributed by atoms with E-state index in [0.29, 0.717) is 24.7 Å². The second-order valence-electron chi connectivity index (χ2n) is 5.68. The van der Waals surface area contributed by atoms with Crippen molar-refractivity contribution in [3.63, 3.8) is 0 Å². The molecule has 1 fully saturated rings. The highest BCUT2D eigenvalue weighted by molar-refractivity contribution is 7.89. The minimum atomic E-state index is -3.48. The van der Waals surface area contributed by atoms with E-state index in [1.165, 1.54) is 16.4 Å². The minimum Gasteiger partial charge on any atom is -0.349 e. The number of amides is 1. The zero-order valence-corrected chi connectivity index (χ0v) is 14.0. The number of carbonyl (C=O) groups excluding carboxylic acids is 1. The van der Waals surface area contributed by atoms with E-state index in [1.807, 2.05) is 13.8 Å². The highest BCUT2D eigenvalue weighted by atomic mass is 32.2. The van der Waals surface area contributed by atoms with Gasteiger partial charge in [0.05, 0.1) is 4.90 Å². The first-order valence-electron chi connectivity index (χ1n) is 7.90. The molecule has 0 bridgehead atoms. The number of nitrogens with zero attached hydrogens (tertiary/aromatic N) is 1. The fraction of sp³-hybridized carbons (Fsp3) is 0.562. The largest absolute Gasteiger partial charge is 0.349 e. The van der Waals surface area contributed by atoms with Crippen LogP contribution in [-0.4, -0.2) is 37.8 Å². The Bertz CT molecular complexity index is 601. The lowest BCUT2D eigenvalue weighted by molar-refractivity contribution is 0.0951. The standard InChI is InChI=1S/C16H24N2O3S/c1-3-11-18(12-4-2)22(20,21)15-9-5-13(6-10-15)16(19)17-14-7-8-14/h5-6,9-10,14H,3-4,7-8,11-12H2,1-2H3,(H,17,19). The molecule has 1 aromatic carbocycles. The molecule has 0 atom stereocenters. The summed E-state index contributed by atoms with van der Waals surface area (Å²) in [6.45, 7) is 4.95.